The van der Waals surface area contributed by atoms with Crippen LogP contribution in [0.4, 0.5) is 5.82 Å². The second-order valence-corrected chi connectivity index (χ2v) is 4.76. The van der Waals surface area contributed by atoms with Crippen molar-refractivity contribution >= 4 is 17.7 Å². The van der Waals surface area contributed by atoms with Crippen molar-refractivity contribution in [2.75, 3.05) is 25.5 Å². The normalized spacial score (nSPS) is 10.9. The molecule has 1 rings (SSSR count). The third kappa shape index (κ3) is 5.40. The molecule has 0 aliphatic rings. The van der Waals surface area contributed by atoms with Crippen molar-refractivity contribution in [1.29, 1.82) is 0 Å². The lowest BCUT2D eigenvalue weighted by Gasteiger charge is -2.24. The van der Waals surface area contributed by atoms with Gasteiger partial charge in [-0.05, 0) is 20.8 Å². The van der Waals surface area contributed by atoms with Gasteiger partial charge in [-0.2, -0.15) is 0 Å². The molecule has 0 spiro atoms. The van der Waals surface area contributed by atoms with E-state index in [-0.39, 0.29) is 30.9 Å². The number of aryl methyl sites for hydroxylation is 1. The van der Waals surface area contributed by atoms with Crippen molar-refractivity contribution in [3.05, 3.63) is 11.8 Å². The second-order valence-electron chi connectivity index (χ2n) is 4.76. The molecule has 1 aromatic heterocycles. The smallest absolute Gasteiger partial charge is 0.319 e. The summed E-state index contributed by atoms with van der Waals surface area (Å²) in [6.45, 7) is 6.31. The van der Waals surface area contributed by atoms with E-state index in [0.717, 1.165) is 0 Å². The van der Waals surface area contributed by atoms with Gasteiger partial charge >= 0.3 is 5.97 Å². The van der Waals surface area contributed by atoms with Gasteiger partial charge in [0.05, 0.1) is 13.7 Å². The van der Waals surface area contributed by atoms with Crippen LogP contribution in [0.1, 0.15) is 26.0 Å². The molecule has 0 aliphatic heterocycles. The predicted molar refractivity (Wildman–Crippen MR) is 73.2 cm³/mol. The fourth-order valence-electron chi connectivity index (χ4n) is 1.63. The molecule has 1 amide bonds. The molecular formula is C13H21N3O4. The first kappa shape index (κ1) is 16.2. The molecule has 20 heavy (non-hydrogen) atoms. The summed E-state index contributed by atoms with van der Waals surface area (Å²) in [5.41, 5.74) is 0. The van der Waals surface area contributed by atoms with Crippen molar-refractivity contribution in [1.82, 2.24) is 10.1 Å². The van der Waals surface area contributed by atoms with Crippen LogP contribution in [0, 0.1) is 6.92 Å². The van der Waals surface area contributed by atoms with Crippen molar-refractivity contribution in [3.63, 3.8) is 0 Å². The first-order valence-corrected chi connectivity index (χ1v) is 6.46. The summed E-state index contributed by atoms with van der Waals surface area (Å²) in [6.07, 6.45) is 0.265. The number of methoxy groups -OCH3 is 1. The zero-order valence-electron chi connectivity index (χ0n) is 12.3. The molecule has 0 saturated carbocycles. The highest BCUT2D eigenvalue weighted by atomic mass is 16.5. The Bertz CT molecular complexity index is 456. The molecule has 112 valence electrons. The first-order chi connectivity index (χ1) is 9.42. The van der Waals surface area contributed by atoms with Crippen LogP contribution in [0.15, 0.2) is 10.6 Å². The number of carbonyl (C=O) groups excluding carboxylic acids is 2. The average molecular weight is 283 g/mol. The number of nitrogens with zero attached hydrogens (tertiary/aromatic N) is 2. The number of anilines is 1. The van der Waals surface area contributed by atoms with E-state index in [1.807, 2.05) is 18.7 Å². The Hall–Kier alpha value is -1.89. The maximum Gasteiger partial charge on any atom is 0.319 e. The van der Waals surface area contributed by atoms with Crippen LogP contribution in [0.25, 0.3) is 0 Å². The highest BCUT2D eigenvalue weighted by molar-refractivity contribution is 5.89. The van der Waals surface area contributed by atoms with Crippen LogP contribution in [-0.4, -0.2) is 48.2 Å². The monoisotopic (exact) mass is 283 g/mol. The van der Waals surface area contributed by atoms with E-state index in [1.54, 1.807) is 13.0 Å². The van der Waals surface area contributed by atoms with Gasteiger partial charge < -0.3 is 14.6 Å². The molecule has 0 aromatic carbocycles. The highest BCUT2D eigenvalue weighted by Gasteiger charge is 2.16. The van der Waals surface area contributed by atoms with Crippen LogP contribution in [-0.2, 0) is 14.3 Å². The van der Waals surface area contributed by atoms with Gasteiger partial charge in [0.2, 0.25) is 5.91 Å². The summed E-state index contributed by atoms with van der Waals surface area (Å²) in [4.78, 5) is 24.9. The van der Waals surface area contributed by atoms with Crippen LogP contribution in [0.2, 0.25) is 0 Å². The van der Waals surface area contributed by atoms with Crippen molar-refractivity contribution in [3.8, 4) is 0 Å². The molecule has 0 saturated heterocycles. The summed E-state index contributed by atoms with van der Waals surface area (Å²) < 4.78 is 9.49. The number of ether oxygens (including phenoxy) is 1. The van der Waals surface area contributed by atoms with E-state index in [1.165, 1.54) is 7.11 Å². The van der Waals surface area contributed by atoms with E-state index < -0.39 is 0 Å². The minimum absolute atomic E-state index is 0.149. The van der Waals surface area contributed by atoms with E-state index >= 15 is 0 Å². The molecule has 1 aromatic rings. The number of hydrogen-bond donors (Lipinski definition) is 1. The summed E-state index contributed by atoms with van der Waals surface area (Å²) >= 11 is 0. The first-order valence-electron chi connectivity index (χ1n) is 6.46. The minimum Gasteiger partial charge on any atom is -0.468 e. The van der Waals surface area contributed by atoms with Gasteiger partial charge in [0.1, 0.15) is 5.76 Å². The number of esters is 1. The van der Waals surface area contributed by atoms with Crippen molar-refractivity contribution in [2.24, 2.45) is 0 Å². The number of rotatable bonds is 7. The molecule has 1 N–H and O–H groups in total. The minimum atomic E-state index is -0.314. The van der Waals surface area contributed by atoms with Gasteiger partial charge in [-0.25, -0.2) is 0 Å². The van der Waals surface area contributed by atoms with Crippen LogP contribution < -0.4 is 5.32 Å². The molecule has 0 fully saturated rings. The predicted octanol–water partition coefficient (Wildman–Crippen LogP) is 1.20. The van der Waals surface area contributed by atoms with Gasteiger partial charge in [-0.15, -0.1) is 0 Å². The third-order valence-corrected chi connectivity index (χ3v) is 2.81. The van der Waals surface area contributed by atoms with Gasteiger partial charge in [-0.3, -0.25) is 14.5 Å². The molecule has 0 radical (unpaired) electrons. The number of nitrogens with one attached hydrogen (secondary N) is 1. The molecule has 1 heterocycles. The second kappa shape index (κ2) is 7.64. The topological polar surface area (TPSA) is 84.7 Å². The SMILES string of the molecule is COC(=O)CN(CCC(=O)Nc1cc(C)on1)C(C)C. The number of carbonyl (C=O) groups is 2. The maximum absolute atomic E-state index is 11.8. The Morgan fingerprint density at radius 2 is 2.20 bits per heavy atom. The van der Waals surface area contributed by atoms with Gasteiger partial charge in [0.15, 0.2) is 5.82 Å². The quantitative estimate of drug-likeness (QED) is 0.757. The van der Waals surface area contributed by atoms with Crippen molar-refractivity contribution in [2.45, 2.75) is 33.2 Å². The fourth-order valence-corrected chi connectivity index (χ4v) is 1.63. The number of aromatic nitrogens is 1. The zero-order chi connectivity index (χ0) is 15.1. The molecule has 0 aliphatic carbocycles. The standard InChI is InChI=1S/C13H21N3O4/c1-9(2)16(8-13(18)19-4)6-5-12(17)14-11-7-10(3)20-15-11/h7,9H,5-6,8H2,1-4H3,(H,14,15,17). The van der Waals surface area contributed by atoms with E-state index in [2.05, 4.69) is 15.2 Å². The lowest BCUT2D eigenvalue weighted by molar-refractivity contribution is -0.142. The fraction of sp³-hybridized carbons (Fsp3) is 0.615. The summed E-state index contributed by atoms with van der Waals surface area (Å²) in [7, 11) is 1.35. The summed E-state index contributed by atoms with van der Waals surface area (Å²) in [5.74, 6) is 0.548. The summed E-state index contributed by atoms with van der Waals surface area (Å²) in [5, 5.41) is 6.32. The lowest BCUT2D eigenvalue weighted by atomic mass is 10.2. The molecule has 0 bridgehead atoms. The van der Waals surface area contributed by atoms with Crippen molar-refractivity contribution < 1.29 is 18.8 Å². The van der Waals surface area contributed by atoms with Crippen LogP contribution >= 0.6 is 0 Å². The molecule has 7 heteroatoms. The van der Waals surface area contributed by atoms with Crippen LogP contribution in [0.3, 0.4) is 0 Å². The van der Waals surface area contributed by atoms with E-state index in [0.29, 0.717) is 18.1 Å². The molecule has 7 nitrogen and oxygen atoms in total. The Kier molecular flexibility index (Phi) is 6.17. The average Bonchev–Trinajstić information content (AvgIpc) is 2.79. The lowest BCUT2D eigenvalue weighted by Crippen LogP contribution is -2.38. The van der Waals surface area contributed by atoms with Gasteiger partial charge in [0, 0.05) is 25.1 Å². The van der Waals surface area contributed by atoms with E-state index in [4.69, 9.17) is 4.52 Å². The maximum atomic E-state index is 11.8. The Morgan fingerprint density at radius 3 is 2.70 bits per heavy atom. The molecule has 0 unspecified atom stereocenters. The Morgan fingerprint density at radius 1 is 1.50 bits per heavy atom. The Labute approximate surface area is 118 Å². The van der Waals surface area contributed by atoms with E-state index in [9.17, 15) is 9.59 Å². The molecule has 0 atom stereocenters. The van der Waals surface area contributed by atoms with Crippen LogP contribution in [0.5, 0.6) is 0 Å². The zero-order valence-corrected chi connectivity index (χ0v) is 12.3. The third-order valence-electron chi connectivity index (χ3n) is 2.81. The number of amides is 1. The van der Waals surface area contributed by atoms with Gasteiger partial charge in [0.25, 0.3) is 0 Å². The highest BCUT2D eigenvalue weighted by Crippen LogP contribution is 2.08. The molecular weight excluding hydrogens is 262 g/mol. The van der Waals surface area contributed by atoms with Gasteiger partial charge in [-0.1, -0.05) is 5.16 Å². The largest absolute Gasteiger partial charge is 0.468 e. The number of hydrogen-bond acceptors (Lipinski definition) is 6. The Balaban J connectivity index is 2.42. The summed E-state index contributed by atoms with van der Waals surface area (Å²) in [6, 6.07) is 1.79.